The van der Waals surface area contributed by atoms with Crippen LogP contribution in [0, 0.1) is 17.2 Å². The van der Waals surface area contributed by atoms with Crippen molar-refractivity contribution in [1.29, 1.82) is 5.26 Å². The van der Waals surface area contributed by atoms with Gasteiger partial charge in [-0.25, -0.2) is 0 Å². The molecule has 2 heterocycles. The molecule has 102 valence electrons. The zero-order valence-electron chi connectivity index (χ0n) is 10.8. The lowest BCUT2D eigenvalue weighted by Gasteiger charge is -2.32. The van der Waals surface area contributed by atoms with E-state index in [9.17, 15) is 4.79 Å². The van der Waals surface area contributed by atoms with Gasteiger partial charge < -0.3 is 16.0 Å². The molecule has 1 fully saturated rings. The zero-order valence-corrected chi connectivity index (χ0v) is 11.7. The second kappa shape index (κ2) is 5.89. The van der Waals surface area contributed by atoms with Gasteiger partial charge in [-0.05, 0) is 30.3 Å². The lowest BCUT2D eigenvalue weighted by molar-refractivity contribution is -0.119. The number of piperidine rings is 1. The second-order valence-electron chi connectivity index (χ2n) is 4.73. The highest BCUT2D eigenvalue weighted by Gasteiger charge is 2.23. The van der Waals surface area contributed by atoms with Crippen LogP contribution in [0.5, 0.6) is 0 Å². The van der Waals surface area contributed by atoms with Crippen LogP contribution >= 0.6 is 11.5 Å². The molecule has 0 aliphatic carbocycles. The van der Waals surface area contributed by atoms with E-state index < -0.39 is 0 Å². The van der Waals surface area contributed by atoms with Crippen LogP contribution in [0.25, 0.3) is 0 Å². The number of nitrogens with zero attached hydrogens (tertiary/aromatic N) is 3. The first kappa shape index (κ1) is 13.6. The Morgan fingerprint density at radius 1 is 1.63 bits per heavy atom. The normalized spacial score (nSPS) is 16.1. The molecule has 0 bridgehead atoms. The van der Waals surface area contributed by atoms with Gasteiger partial charge in [-0.3, -0.25) is 4.79 Å². The zero-order chi connectivity index (χ0) is 13.8. The lowest BCUT2D eigenvalue weighted by Crippen LogP contribution is -2.38. The van der Waals surface area contributed by atoms with Crippen LogP contribution in [-0.4, -0.2) is 29.9 Å². The van der Waals surface area contributed by atoms with Crippen LogP contribution in [0.15, 0.2) is 0 Å². The first-order valence-corrected chi connectivity index (χ1v) is 7.03. The standard InChI is InChI=1S/C12H17N5OS/c1-8(18)15-7-9-2-4-17(5-3-9)12-10(6-13)11(14)16-19-12/h9H,2-5,7H2,1H3,(H2,14,16)(H,15,18). The number of nitrogens with one attached hydrogen (secondary N) is 1. The molecule has 1 aromatic heterocycles. The van der Waals surface area contributed by atoms with Crippen molar-refractivity contribution in [3.05, 3.63) is 5.56 Å². The van der Waals surface area contributed by atoms with Crippen molar-refractivity contribution in [1.82, 2.24) is 9.69 Å². The van der Waals surface area contributed by atoms with Crippen molar-refractivity contribution in [2.75, 3.05) is 30.3 Å². The summed E-state index contributed by atoms with van der Waals surface area (Å²) in [5, 5.41) is 12.8. The highest BCUT2D eigenvalue weighted by atomic mass is 32.1. The Labute approximate surface area is 116 Å². The number of anilines is 2. The number of carbonyl (C=O) groups excluding carboxylic acids is 1. The summed E-state index contributed by atoms with van der Waals surface area (Å²) in [4.78, 5) is 13.0. The fraction of sp³-hybridized carbons (Fsp3) is 0.583. The summed E-state index contributed by atoms with van der Waals surface area (Å²) in [7, 11) is 0. The quantitative estimate of drug-likeness (QED) is 0.859. The molecule has 7 heteroatoms. The molecular weight excluding hydrogens is 262 g/mol. The molecule has 0 spiro atoms. The first-order chi connectivity index (χ1) is 9.11. The lowest BCUT2D eigenvalue weighted by atomic mass is 9.97. The fourth-order valence-electron chi connectivity index (χ4n) is 2.24. The summed E-state index contributed by atoms with van der Waals surface area (Å²) in [6.07, 6.45) is 2.01. The minimum atomic E-state index is 0.0180. The van der Waals surface area contributed by atoms with Crippen molar-refractivity contribution in [3.8, 4) is 6.07 Å². The maximum Gasteiger partial charge on any atom is 0.216 e. The molecule has 1 saturated heterocycles. The molecule has 1 aliphatic heterocycles. The van der Waals surface area contributed by atoms with E-state index in [1.54, 1.807) is 0 Å². The number of nitriles is 1. The van der Waals surface area contributed by atoms with E-state index in [-0.39, 0.29) is 5.91 Å². The Morgan fingerprint density at radius 3 is 2.89 bits per heavy atom. The highest BCUT2D eigenvalue weighted by molar-refractivity contribution is 7.10. The number of hydrogen-bond acceptors (Lipinski definition) is 6. The van der Waals surface area contributed by atoms with Crippen LogP contribution in [-0.2, 0) is 4.79 Å². The molecule has 0 aromatic carbocycles. The van der Waals surface area contributed by atoms with E-state index in [0.29, 0.717) is 17.3 Å². The SMILES string of the molecule is CC(=O)NCC1CCN(c2snc(N)c2C#N)CC1. The minimum Gasteiger partial charge on any atom is -0.382 e. The molecule has 0 unspecified atom stereocenters. The Morgan fingerprint density at radius 2 is 2.32 bits per heavy atom. The van der Waals surface area contributed by atoms with Crippen molar-refractivity contribution in [2.45, 2.75) is 19.8 Å². The third-order valence-electron chi connectivity index (χ3n) is 3.35. The monoisotopic (exact) mass is 279 g/mol. The van der Waals surface area contributed by atoms with Crippen LogP contribution < -0.4 is 16.0 Å². The third kappa shape index (κ3) is 3.15. The van der Waals surface area contributed by atoms with E-state index >= 15 is 0 Å². The average Bonchev–Trinajstić information content (AvgIpc) is 2.78. The van der Waals surface area contributed by atoms with Crippen LogP contribution in [0.4, 0.5) is 10.8 Å². The number of amides is 1. The summed E-state index contributed by atoms with van der Waals surface area (Å²) in [6.45, 7) is 4.02. The maximum atomic E-state index is 10.9. The summed E-state index contributed by atoms with van der Waals surface area (Å²) < 4.78 is 4.04. The number of nitrogen functional groups attached to an aromatic ring is 1. The molecule has 6 nitrogen and oxygen atoms in total. The summed E-state index contributed by atoms with van der Waals surface area (Å²) in [6, 6.07) is 2.12. The summed E-state index contributed by atoms with van der Waals surface area (Å²) in [5.74, 6) is 0.850. The van der Waals surface area contributed by atoms with Gasteiger partial charge in [-0.1, -0.05) is 0 Å². The average molecular weight is 279 g/mol. The molecule has 0 saturated carbocycles. The van der Waals surface area contributed by atoms with Gasteiger partial charge in [-0.2, -0.15) is 9.64 Å². The molecular formula is C12H17N5OS. The van der Waals surface area contributed by atoms with Gasteiger partial charge in [0.05, 0.1) is 0 Å². The molecule has 19 heavy (non-hydrogen) atoms. The van der Waals surface area contributed by atoms with E-state index in [4.69, 9.17) is 11.0 Å². The number of aromatic nitrogens is 1. The third-order valence-corrected chi connectivity index (χ3v) is 4.28. The minimum absolute atomic E-state index is 0.0180. The highest BCUT2D eigenvalue weighted by Crippen LogP contribution is 2.32. The van der Waals surface area contributed by atoms with Crippen molar-refractivity contribution in [2.24, 2.45) is 5.92 Å². The molecule has 3 N–H and O–H groups in total. The van der Waals surface area contributed by atoms with Gasteiger partial charge in [0, 0.05) is 26.6 Å². The van der Waals surface area contributed by atoms with E-state index in [0.717, 1.165) is 37.5 Å². The van der Waals surface area contributed by atoms with Crippen LogP contribution in [0.1, 0.15) is 25.3 Å². The van der Waals surface area contributed by atoms with Crippen LogP contribution in [0.2, 0.25) is 0 Å². The molecule has 1 aromatic rings. The maximum absolute atomic E-state index is 10.9. The Kier molecular flexibility index (Phi) is 4.22. The van der Waals surface area contributed by atoms with Crippen molar-refractivity contribution in [3.63, 3.8) is 0 Å². The fourth-order valence-corrected chi connectivity index (χ4v) is 3.06. The largest absolute Gasteiger partial charge is 0.382 e. The van der Waals surface area contributed by atoms with E-state index in [1.807, 2.05) is 0 Å². The predicted octanol–water partition coefficient (Wildman–Crippen LogP) is 0.949. The molecule has 0 atom stereocenters. The number of nitrogens with two attached hydrogens (primary N) is 1. The van der Waals surface area contributed by atoms with Crippen LogP contribution in [0.3, 0.4) is 0 Å². The Balaban J connectivity index is 1.93. The van der Waals surface area contributed by atoms with E-state index in [1.165, 1.54) is 18.5 Å². The molecule has 1 amide bonds. The van der Waals surface area contributed by atoms with Crippen molar-refractivity contribution < 1.29 is 4.79 Å². The van der Waals surface area contributed by atoms with Gasteiger partial charge >= 0.3 is 0 Å². The smallest absolute Gasteiger partial charge is 0.216 e. The van der Waals surface area contributed by atoms with Gasteiger partial charge in [-0.15, -0.1) is 0 Å². The topological polar surface area (TPSA) is 95.0 Å². The van der Waals surface area contributed by atoms with E-state index in [2.05, 4.69) is 20.7 Å². The van der Waals surface area contributed by atoms with Gasteiger partial charge in [0.2, 0.25) is 5.91 Å². The molecule has 0 radical (unpaired) electrons. The number of carbonyl (C=O) groups is 1. The predicted molar refractivity (Wildman–Crippen MR) is 74.9 cm³/mol. The summed E-state index contributed by atoms with van der Waals surface area (Å²) in [5.41, 5.74) is 6.16. The Hall–Kier alpha value is -1.81. The summed E-state index contributed by atoms with van der Waals surface area (Å²) >= 11 is 1.29. The molecule has 1 aliphatic rings. The molecule has 2 rings (SSSR count). The Bertz CT molecular complexity index is 499. The number of rotatable bonds is 3. The van der Waals surface area contributed by atoms with Gasteiger partial charge in [0.25, 0.3) is 0 Å². The second-order valence-corrected chi connectivity index (χ2v) is 5.48. The first-order valence-electron chi connectivity index (χ1n) is 6.26. The number of hydrogen-bond donors (Lipinski definition) is 2. The van der Waals surface area contributed by atoms with Gasteiger partial charge in [0.1, 0.15) is 16.6 Å². The van der Waals surface area contributed by atoms with Gasteiger partial charge in [0.15, 0.2) is 5.82 Å². The van der Waals surface area contributed by atoms with Crippen molar-refractivity contribution >= 4 is 28.3 Å².